The number of unbranched alkanes of at least 4 members (excludes halogenated alkanes) is 7. The highest BCUT2D eigenvalue weighted by Crippen LogP contribution is 2.28. The molecular weight excluding hydrogens is 236 g/mol. The van der Waals surface area contributed by atoms with Crippen LogP contribution in [0.5, 0.6) is 0 Å². The highest BCUT2D eigenvalue weighted by Gasteiger charge is 2.12. The molecule has 1 aliphatic carbocycles. The van der Waals surface area contributed by atoms with Gasteiger partial charge in [0, 0.05) is 0 Å². The molecule has 0 aromatic heterocycles. The van der Waals surface area contributed by atoms with Crippen LogP contribution in [0.1, 0.15) is 96.3 Å². The summed E-state index contributed by atoms with van der Waals surface area (Å²) in [5.74, 6) is 1.05. The van der Waals surface area contributed by atoms with Gasteiger partial charge in [-0.15, -0.1) is 0 Å². The summed E-state index contributed by atoms with van der Waals surface area (Å²) in [4.78, 5) is 0. The molecule has 0 atom stereocenters. The van der Waals surface area contributed by atoms with Gasteiger partial charge in [0.2, 0.25) is 0 Å². The van der Waals surface area contributed by atoms with Crippen molar-refractivity contribution in [2.24, 2.45) is 5.92 Å². The first-order chi connectivity index (χ1) is 9.29. The normalized spacial score (nSPS) is 17.2. The molecule has 2 heteroatoms. The molecule has 1 fully saturated rings. The first kappa shape index (κ1) is 17.0. The van der Waals surface area contributed by atoms with Crippen LogP contribution in [-0.4, -0.2) is 16.5 Å². The molecule has 0 aliphatic heterocycles. The van der Waals surface area contributed by atoms with Crippen LogP contribution in [0.15, 0.2) is 0 Å². The van der Waals surface area contributed by atoms with E-state index in [1.165, 1.54) is 77.0 Å². The SMILES string of the molecule is OC(O)CCCCCCCCCCC1CCCCC1. The minimum Gasteiger partial charge on any atom is -0.368 e. The van der Waals surface area contributed by atoms with Crippen molar-refractivity contribution in [1.29, 1.82) is 0 Å². The van der Waals surface area contributed by atoms with Crippen molar-refractivity contribution in [2.45, 2.75) is 103 Å². The van der Waals surface area contributed by atoms with Crippen LogP contribution >= 0.6 is 0 Å². The first-order valence-electron chi connectivity index (χ1n) is 8.65. The van der Waals surface area contributed by atoms with Crippen LogP contribution < -0.4 is 0 Å². The average Bonchev–Trinajstić information content (AvgIpc) is 2.42. The van der Waals surface area contributed by atoms with Gasteiger partial charge in [-0.2, -0.15) is 0 Å². The fraction of sp³-hybridized carbons (Fsp3) is 1.00. The van der Waals surface area contributed by atoms with Crippen molar-refractivity contribution in [3.05, 3.63) is 0 Å². The van der Waals surface area contributed by atoms with Crippen LogP contribution in [0.2, 0.25) is 0 Å². The van der Waals surface area contributed by atoms with Crippen LogP contribution in [0.4, 0.5) is 0 Å². The maximum Gasteiger partial charge on any atom is 0.151 e. The molecule has 19 heavy (non-hydrogen) atoms. The van der Waals surface area contributed by atoms with Crippen molar-refractivity contribution >= 4 is 0 Å². The molecular formula is C17H34O2. The van der Waals surface area contributed by atoms with Gasteiger partial charge >= 0.3 is 0 Å². The van der Waals surface area contributed by atoms with E-state index in [9.17, 15) is 0 Å². The number of aliphatic hydroxyl groups is 2. The van der Waals surface area contributed by atoms with Crippen molar-refractivity contribution in [3.63, 3.8) is 0 Å². The van der Waals surface area contributed by atoms with E-state index in [0.29, 0.717) is 6.42 Å². The van der Waals surface area contributed by atoms with E-state index in [1.807, 2.05) is 0 Å². The Bertz CT molecular complexity index is 186. The van der Waals surface area contributed by atoms with Gasteiger partial charge in [-0.1, -0.05) is 83.5 Å². The summed E-state index contributed by atoms with van der Waals surface area (Å²) in [6.07, 6.45) is 18.7. The van der Waals surface area contributed by atoms with Gasteiger partial charge in [-0.25, -0.2) is 0 Å². The maximum atomic E-state index is 8.72. The molecule has 0 bridgehead atoms. The monoisotopic (exact) mass is 270 g/mol. The molecule has 1 rings (SSSR count). The number of rotatable bonds is 11. The fourth-order valence-electron chi connectivity index (χ4n) is 3.30. The minimum atomic E-state index is -1.10. The highest BCUT2D eigenvalue weighted by molar-refractivity contribution is 4.65. The molecule has 1 saturated carbocycles. The van der Waals surface area contributed by atoms with Gasteiger partial charge in [-0.05, 0) is 18.8 Å². The minimum absolute atomic E-state index is 0.543. The number of hydrogen-bond acceptors (Lipinski definition) is 2. The fourth-order valence-corrected chi connectivity index (χ4v) is 3.30. The van der Waals surface area contributed by atoms with Gasteiger partial charge in [0.25, 0.3) is 0 Å². The Hall–Kier alpha value is -0.0800. The lowest BCUT2D eigenvalue weighted by Crippen LogP contribution is -2.05. The largest absolute Gasteiger partial charge is 0.368 e. The van der Waals surface area contributed by atoms with E-state index < -0.39 is 6.29 Å². The Morgan fingerprint density at radius 3 is 1.79 bits per heavy atom. The molecule has 0 heterocycles. The van der Waals surface area contributed by atoms with Crippen LogP contribution in [0, 0.1) is 5.92 Å². The molecule has 0 aromatic rings. The lowest BCUT2D eigenvalue weighted by molar-refractivity contribution is -0.0466. The van der Waals surface area contributed by atoms with Crippen LogP contribution in [-0.2, 0) is 0 Å². The molecule has 1 aliphatic rings. The molecule has 2 N–H and O–H groups in total. The second-order valence-electron chi connectivity index (χ2n) is 6.39. The summed E-state index contributed by atoms with van der Waals surface area (Å²) < 4.78 is 0. The summed E-state index contributed by atoms with van der Waals surface area (Å²) in [7, 11) is 0. The maximum absolute atomic E-state index is 8.72. The predicted molar refractivity (Wildman–Crippen MR) is 81.0 cm³/mol. The predicted octanol–water partition coefficient (Wildman–Crippen LogP) is 4.78. The van der Waals surface area contributed by atoms with Gasteiger partial charge < -0.3 is 10.2 Å². The molecule has 0 amide bonds. The highest BCUT2D eigenvalue weighted by atomic mass is 16.5. The van der Waals surface area contributed by atoms with E-state index in [1.54, 1.807) is 0 Å². The molecule has 0 spiro atoms. The summed E-state index contributed by atoms with van der Waals surface area (Å²) >= 11 is 0. The van der Waals surface area contributed by atoms with Crippen LogP contribution in [0.3, 0.4) is 0 Å². The Balaban J connectivity index is 1.73. The van der Waals surface area contributed by atoms with Crippen molar-refractivity contribution in [3.8, 4) is 0 Å². The zero-order chi connectivity index (χ0) is 13.8. The van der Waals surface area contributed by atoms with E-state index in [0.717, 1.165) is 18.8 Å². The Morgan fingerprint density at radius 1 is 0.684 bits per heavy atom. The van der Waals surface area contributed by atoms with Crippen molar-refractivity contribution in [2.75, 3.05) is 0 Å². The molecule has 0 unspecified atom stereocenters. The smallest absolute Gasteiger partial charge is 0.151 e. The standard InChI is InChI=1S/C17H34O2/c18-17(19)15-11-6-4-2-1-3-5-8-12-16-13-9-7-10-14-16/h16-19H,1-15H2. The molecule has 0 saturated heterocycles. The Kier molecular flexibility index (Phi) is 10.5. The number of aliphatic hydroxyl groups excluding tert-OH is 1. The second kappa shape index (κ2) is 11.7. The lowest BCUT2D eigenvalue weighted by atomic mass is 9.85. The molecule has 114 valence electrons. The van der Waals surface area contributed by atoms with E-state index in [-0.39, 0.29) is 0 Å². The van der Waals surface area contributed by atoms with Gasteiger partial charge in [0.05, 0.1) is 0 Å². The van der Waals surface area contributed by atoms with Gasteiger partial charge in [-0.3, -0.25) is 0 Å². The quantitative estimate of drug-likeness (QED) is 0.419. The zero-order valence-corrected chi connectivity index (χ0v) is 12.7. The molecule has 2 nitrogen and oxygen atoms in total. The topological polar surface area (TPSA) is 40.5 Å². The van der Waals surface area contributed by atoms with E-state index in [2.05, 4.69) is 0 Å². The van der Waals surface area contributed by atoms with Crippen molar-refractivity contribution < 1.29 is 10.2 Å². The average molecular weight is 270 g/mol. The third-order valence-corrected chi connectivity index (χ3v) is 4.55. The Morgan fingerprint density at radius 2 is 1.21 bits per heavy atom. The van der Waals surface area contributed by atoms with Crippen LogP contribution in [0.25, 0.3) is 0 Å². The third-order valence-electron chi connectivity index (χ3n) is 4.55. The summed E-state index contributed by atoms with van der Waals surface area (Å²) in [5.41, 5.74) is 0. The third kappa shape index (κ3) is 10.4. The first-order valence-corrected chi connectivity index (χ1v) is 8.65. The van der Waals surface area contributed by atoms with E-state index >= 15 is 0 Å². The van der Waals surface area contributed by atoms with Gasteiger partial charge in [0.1, 0.15) is 0 Å². The zero-order valence-electron chi connectivity index (χ0n) is 12.7. The lowest BCUT2D eigenvalue weighted by Gasteiger charge is -2.21. The second-order valence-corrected chi connectivity index (χ2v) is 6.39. The van der Waals surface area contributed by atoms with Crippen molar-refractivity contribution in [1.82, 2.24) is 0 Å². The summed E-state index contributed by atoms with van der Waals surface area (Å²) in [6, 6.07) is 0. The number of hydrogen-bond donors (Lipinski definition) is 2. The Labute approximate surface area is 119 Å². The summed E-state index contributed by atoms with van der Waals surface area (Å²) in [5, 5.41) is 17.4. The molecule has 0 aromatic carbocycles. The molecule has 0 radical (unpaired) electrons. The van der Waals surface area contributed by atoms with E-state index in [4.69, 9.17) is 10.2 Å². The summed E-state index contributed by atoms with van der Waals surface area (Å²) in [6.45, 7) is 0. The van der Waals surface area contributed by atoms with Gasteiger partial charge in [0.15, 0.2) is 6.29 Å².